The van der Waals surface area contributed by atoms with Crippen LogP contribution in [0.4, 0.5) is 10.1 Å². The van der Waals surface area contributed by atoms with Crippen molar-refractivity contribution < 1.29 is 9.18 Å². The lowest BCUT2D eigenvalue weighted by atomic mass is 10.1. The minimum atomic E-state index is -0.311. The smallest absolute Gasteiger partial charge is 0.238 e. The second kappa shape index (κ2) is 6.33. The van der Waals surface area contributed by atoms with Crippen LogP contribution in [0.3, 0.4) is 0 Å². The van der Waals surface area contributed by atoms with Gasteiger partial charge < -0.3 is 11.1 Å². The highest BCUT2D eigenvalue weighted by Gasteiger charge is 2.33. The summed E-state index contributed by atoms with van der Waals surface area (Å²) in [6.45, 7) is 2.53. The zero-order chi connectivity index (χ0) is 14.7. The zero-order valence-corrected chi connectivity index (χ0v) is 12.0. The van der Waals surface area contributed by atoms with E-state index in [1.54, 1.807) is 19.1 Å². The van der Waals surface area contributed by atoms with Crippen LogP contribution in [0.15, 0.2) is 18.2 Å². The Morgan fingerprint density at radius 3 is 2.80 bits per heavy atom. The van der Waals surface area contributed by atoms with Crippen molar-refractivity contribution in [2.45, 2.75) is 25.8 Å². The summed E-state index contributed by atoms with van der Waals surface area (Å²) < 4.78 is 13.4. The number of nitrogens with zero attached hydrogens (tertiary/aromatic N) is 1. The van der Waals surface area contributed by atoms with Gasteiger partial charge >= 0.3 is 0 Å². The summed E-state index contributed by atoms with van der Waals surface area (Å²) in [6.07, 6.45) is 2.38. The number of hydrogen-bond donors (Lipinski definition) is 2. The van der Waals surface area contributed by atoms with Crippen LogP contribution in [0.1, 0.15) is 18.4 Å². The van der Waals surface area contributed by atoms with Gasteiger partial charge in [-0.1, -0.05) is 6.07 Å². The predicted octanol–water partition coefficient (Wildman–Crippen LogP) is 1.74. The SMILES string of the molecule is Cc1ccc(NC(=O)CN(C)C(CN)C2CC2)cc1F. The molecule has 1 atom stereocenters. The van der Waals surface area contributed by atoms with E-state index in [1.165, 1.54) is 18.9 Å². The van der Waals surface area contributed by atoms with Gasteiger partial charge in [-0.2, -0.15) is 0 Å². The van der Waals surface area contributed by atoms with Crippen molar-refractivity contribution in [3.63, 3.8) is 0 Å². The third-order valence-electron chi connectivity index (χ3n) is 3.82. The van der Waals surface area contributed by atoms with Crippen molar-refractivity contribution in [2.75, 3.05) is 25.5 Å². The number of likely N-dealkylation sites (N-methyl/N-ethyl adjacent to an activating group) is 1. The van der Waals surface area contributed by atoms with E-state index in [-0.39, 0.29) is 24.3 Å². The summed E-state index contributed by atoms with van der Waals surface area (Å²) in [5.74, 6) is 0.165. The fourth-order valence-electron chi connectivity index (χ4n) is 2.43. The number of nitrogens with one attached hydrogen (secondary N) is 1. The average Bonchev–Trinajstić information content (AvgIpc) is 3.19. The number of carbonyl (C=O) groups excluding carboxylic acids is 1. The van der Waals surface area contributed by atoms with Crippen LogP contribution in [0.2, 0.25) is 0 Å². The Bertz CT molecular complexity index is 488. The molecule has 0 radical (unpaired) electrons. The molecule has 0 aromatic heterocycles. The van der Waals surface area contributed by atoms with Crippen LogP contribution in [-0.4, -0.2) is 37.0 Å². The molecule has 1 aliphatic rings. The fraction of sp³-hybridized carbons (Fsp3) is 0.533. The Morgan fingerprint density at radius 1 is 1.55 bits per heavy atom. The van der Waals surface area contributed by atoms with Gasteiger partial charge in [0.15, 0.2) is 0 Å². The standard InChI is InChI=1S/C15H22FN3O/c1-10-3-6-12(7-13(10)16)18-15(20)9-19(2)14(8-17)11-4-5-11/h3,6-7,11,14H,4-5,8-9,17H2,1-2H3,(H,18,20). The van der Waals surface area contributed by atoms with Crippen LogP contribution < -0.4 is 11.1 Å². The largest absolute Gasteiger partial charge is 0.329 e. The Hall–Kier alpha value is -1.46. The van der Waals surface area contributed by atoms with Crippen LogP contribution in [0, 0.1) is 18.7 Å². The topological polar surface area (TPSA) is 58.4 Å². The van der Waals surface area contributed by atoms with Crippen molar-refractivity contribution in [3.8, 4) is 0 Å². The van der Waals surface area contributed by atoms with Crippen LogP contribution >= 0.6 is 0 Å². The summed E-state index contributed by atoms with van der Waals surface area (Å²) in [5.41, 5.74) is 6.81. The number of aryl methyl sites for hydroxylation is 1. The van der Waals surface area contributed by atoms with E-state index in [4.69, 9.17) is 5.73 Å². The van der Waals surface area contributed by atoms with Crippen molar-refractivity contribution in [1.82, 2.24) is 4.90 Å². The van der Waals surface area contributed by atoms with E-state index < -0.39 is 0 Å². The number of amides is 1. The molecule has 20 heavy (non-hydrogen) atoms. The Morgan fingerprint density at radius 2 is 2.25 bits per heavy atom. The van der Waals surface area contributed by atoms with Crippen molar-refractivity contribution in [3.05, 3.63) is 29.6 Å². The Balaban J connectivity index is 1.89. The number of halogens is 1. The minimum absolute atomic E-state index is 0.144. The molecular weight excluding hydrogens is 257 g/mol. The normalized spacial score (nSPS) is 16.2. The molecule has 3 N–H and O–H groups in total. The van der Waals surface area contributed by atoms with Gasteiger partial charge in [-0.05, 0) is 50.4 Å². The third-order valence-corrected chi connectivity index (χ3v) is 3.82. The van der Waals surface area contributed by atoms with Crippen LogP contribution in [0.25, 0.3) is 0 Å². The van der Waals surface area contributed by atoms with Gasteiger partial charge in [-0.3, -0.25) is 9.69 Å². The number of hydrogen-bond acceptors (Lipinski definition) is 3. The van der Waals surface area contributed by atoms with Crippen LogP contribution in [-0.2, 0) is 4.79 Å². The van der Waals surface area contributed by atoms with E-state index in [0.717, 1.165) is 0 Å². The average molecular weight is 279 g/mol. The molecule has 2 rings (SSSR count). The number of rotatable bonds is 6. The Labute approximate surface area is 119 Å². The summed E-state index contributed by atoms with van der Waals surface area (Å²) in [5, 5.41) is 2.72. The lowest BCUT2D eigenvalue weighted by Gasteiger charge is -2.26. The highest BCUT2D eigenvalue weighted by atomic mass is 19.1. The van der Waals surface area contributed by atoms with Crippen molar-refractivity contribution in [2.24, 2.45) is 11.7 Å². The lowest BCUT2D eigenvalue weighted by molar-refractivity contribution is -0.117. The van der Waals surface area contributed by atoms with E-state index in [2.05, 4.69) is 5.32 Å². The van der Waals surface area contributed by atoms with Gasteiger partial charge in [0, 0.05) is 18.3 Å². The highest BCUT2D eigenvalue weighted by Crippen LogP contribution is 2.34. The maximum Gasteiger partial charge on any atom is 0.238 e. The summed E-state index contributed by atoms with van der Waals surface area (Å²) in [6, 6.07) is 4.96. The molecule has 0 saturated heterocycles. The molecule has 5 heteroatoms. The molecule has 0 bridgehead atoms. The summed E-state index contributed by atoms with van der Waals surface area (Å²) in [4.78, 5) is 14.0. The second-order valence-corrected chi connectivity index (χ2v) is 5.57. The van der Waals surface area contributed by atoms with Gasteiger partial charge in [0.2, 0.25) is 5.91 Å². The molecule has 1 aromatic rings. The monoisotopic (exact) mass is 279 g/mol. The number of anilines is 1. The number of carbonyl (C=O) groups is 1. The first-order valence-corrected chi connectivity index (χ1v) is 6.97. The van der Waals surface area contributed by atoms with Crippen molar-refractivity contribution >= 4 is 11.6 Å². The van der Waals surface area contributed by atoms with E-state index in [9.17, 15) is 9.18 Å². The van der Waals surface area contributed by atoms with Gasteiger partial charge in [0.05, 0.1) is 6.54 Å². The highest BCUT2D eigenvalue weighted by molar-refractivity contribution is 5.92. The first-order chi connectivity index (χ1) is 9.51. The molecule has 1 fully saturated rings. The first kappa shape index (κ1) is 14.9. The van der Waals surface area contributed by atoms with Gasteiger partial charge in [-0.25, -0.2) is 4.39 Å². The zero-order valence-electron chi connectivity index (χ0n) is 12.0. The second-order valence-electron chi connectivity index (χ2n) is 5.57. The third kappa shape index (κ3) is 3.77. The Kier molecular flexibility index (Phi) is 4.73. The fourth-order valence-corrected chi connectivity index (χ4v) is 2.43. The van der Waals surface area contributed by atoms with E-state index in [1.807, 2.05) is 11.9 Å². The van der Waals surface area contributed by atoms with Crippen molar-refractivity contribution in [1.29, 1.82) is 0 Å². The van der Waals surface area contributed by atoms with E-state index >= 15 is 0 Å². The maximum absolute atomic E-state index is 13.4. The van der Waals surface area contributed by atoms with Gasteiger partial charge in [-0.15, -0.1) is 0 Å². The molecule has 1 amide bonds. The molecule has 1 aliphatic carbocycles. The maximum atomic E-state index is 13.4. The molecule has 110 valence electrons. The molecule has 0 aliphatic heterocycles. The molecule has 4 nitrogen and oxygen atoms in total. The molecule has 0 heterocycles. The lowest BCUT2D eigenvalue weighted by Crippen LogP contribution is -2.43. The van der Waals surface area contributed by atoms with Gasteiger partial charge in [0.1, 0.15) is 5.82 Å². The quantitative estimate of drug-likeness (QED) is 0.834. The first-order valence-electron chi connectivity index (χ1n) is 6.97. The van der Waals surface area contributed by atoms with Gasteiger partial charge in [0.25, 0.3) is 0 Å². The molecule has 1 aromatic carbocycles. The number of nitrogens with two attached hydrogens (primary N) is 1. The van der Waals surface area contributed by atoms with E-state index in [0.29, 0.717) is 23.7 Å². The summed E-state index contributed by atoms with van der Waals surface area (Å²) >= 11 is 0. The molecule has 1 saturated carbocycles. The summed E-state index contributed by atoms with van der Waals surface area (Å²) in [7, 11) is 1.91. The van der Waals surface area contributed by atoms with Crippen LogP contribution in [0.5, 0.6) is 0 Å². The predicted molar refractivity (Wildman–Crippen MR) is 78.0 cm³/mol. The molecule has 1 unspecified atom stereocenters. The molecule has 0 spiro atoms. The number of benzene rings is 1. The minimum Gasteiger partial charge on any atom is -0.329 e. The molecular formula is C15H22FN3O.